The van der Waals surface area contributed by atoms with Crippen LogP contribution in [0.5, 0.6) is 0 Å². The zero-order chi connectivity index (χ0) is 8.22. The van der Waals surface area contributed by atoms with Crippen molar-refractivity contribution in [2.45, 2.75) is 18.8 Å². The number of halogens is 2. The Kier molecular flexibility index (Phi) is 1.10. The van der Waals surface area contributed by atoms with E-state index in [2.05, 4.69) is 0 Å². The summed E-state index contributed by atoms with van der Waals surface area (Å²) in [6.07, 6.45) is 1.56. The molecule has 0 aromatic carbocycles. The van der Waals surface area contributed by atoms with Gasteiger partial charge in [0.25, 0.3) is 5.92 Å². The summed E-state index contributed by atoms with van der Waals surface area (Å²) in [6.45, 7) is 0. The number of carboxylic acids is 1. The number of hydrogen-bond donors (Lipinski definition) is 1. The van der Waals surface area contributed by atoms with Gasteiger partial charge in [-0.2, -0.15) is 0 Å². The normalized spacial score (nSPS) is 40.2. The fourth-order valence-corrected chi connectivity index (χ4v) is 1.71. The zero-order valence-corrected chi connectivity index (χ0v) is 5.76. The highest BCUT2D eigenvalue weighted by Crippen LogP contribution is 2.64. The van der Waals surface area contributed by atoms with E-state index in [0.717, 1.165) is 12.8 Å². The molecule has 2 saturated carbocycles. The number of carboxylic acid groups (broad SMARTS) is 1. The second-order valence-corrected chi connectivity index (χ2v) is 3.35. The maximum absolute atomic E-state index is 12.6. The van der Waals surface area contributed by atoms with Crippen molar-refractivity contribution in [1.29, 1.82) is 0 Å². The van der Waals surface area contributed by atoms with E-state index >= 15 is 0 Å². The minimum atomic E-state index is -2.91. The van der Waals surface area contributed by atoms with Crippen molar-refractivity contribution in [1.82, 2.24) is 0 Å². The molecule has 0 aromatic rings. The lowest BCUT2D eigenvalue weighted by atomic mass is 10.2. The van der Waals surface area contributed by atoms with Crippen molar-refractivity contribution in [3.8, 4) is 0 Å². The zero-order valence-electron chi connectivity index (χ0n) is 5.76. The Morgan fingerprint density at radius 3 is 2.27 bits per heavy atom. The van der Waals surface area contributed by atoms with Gasteiger partial charge < -0.3 is 5.11 Å². The van der Waals surface area contributed by atoms with Gasteiger partial charge in [-0.25, -0.2) is 8.78 Å². The van der Waals surface area contributed by atoms with Gasteiger partial charge in [-0.3, -0.25) is 4.79 Å². The quantitative estimate of drug-likeness (QED) is 0.665. The van der Waals surface area contributed by atoms with Crippen LogP contribution >= 0.6 is 0 Å². The SMILES string of the molecule is O=C(O)[C@H]1[C@H](C2CC2)C1(F)F. The van der Waals surface area contributed by atoms with Crippen molar-refractivity contribution in [2.24, 2.45) is 17.8 Å². The van der Waals surface area contributed by atoms with E-state index in [1.807, 2.05) is 0 Å². The lowest BCUT2D eigenvalue weighted by Gasteiger charge is -1.88. The van der Waals surface area contributed by atoms with Crippen molar-refractivity contribution in [3.63, 3.8) is 0 Å². The molecule has 2 aliphatic carbocycles. The summed E-state index contributed by atoms with van der Waals surface area (Å²) in [5, 5.41) is 8.36. The lowest BCUT2D eigenvalue weighted by molar-refractivity contribution is -0.140. The van der Waals surface area contributed by atoms with Gasteiger partial charge in [0.2, 0.25) is 0 Å². The Bertz CT molecular complexity index is 210. The topological polar surface area (TPSA) is 37.3 Å². The fourth-order valence-electron chi connectivity index (χ4n) is 1.71. The molecule has 0 spiro atoms. The van der Waals surface area contributed by atoms with Gasteiger partial charge in [-0.15, -0.1) is 0 Å². The highest BCUT2D eigenvalue weighted by Gasteiger charge is 2.75. The lowest BCUT2D eigenvalue weighted by Crippen LogP contribution is -2.04. The van der Waals surface area contributed by atoms with E-state index in [9.17, 15) is 13.6 Å². The Hall–Kier alpha value is -0.670. The molecule has 2 nitrogen and oxygen atoms in total. The summed E-state index contributed by atoms with van der Waals surface area (Å²) >= 11 is 0. The van der Waals surface area contributed by atoms with Crippen LogP contribution in [0.25, 0.3) is 0 Å². The first-order valence-electron chi connectivity index (χ1n) is 3.65. The summed E-state index contributed by atoms with van der Waals surface area (Å²) in [5.74, 6) is -6.49. The van der Waals surface area contributed by atoms with Gasteiger partial charge in [-0.1, -0.05) is 0 Å². The van der Waals surface area contributed by atoms with Crippen LogP contribution < -0.4 is 0 Å². The van der Waals surface area contributed by atoms with E-state index in [1.54, 1.807) is 0 Å². The molecule has 0 aromatic heterocycles. The molecule has 11 heavy (non-hydrogen) atoms. The maximum Gasteiger partial charge on any atom is 0.313 e. The Morgan fingerprint density at radius 1 is 1.45 bits per heavy atom. The summed E-state index contributed by atoms with van der Waals surface area (Å²) in [5.41, 5.74) is 0. The molecule has 0 amide bonds. The summed E-state index contributed by atoms with van der Waals surface area (Å²) in [4.78, 5) is 10.2. The molecule has 0 unspecified atom stereocenters. The summed E-state index contributed by atoms with van der Waals surface area (Å²) in [6, 6.07) is 0. The van der Waals surface area contributed by atoms with Crippen LogP contribution in [-0.2, 0) is 4.79 Å². The van der Waals surface area contributed by atoms with Gasteiger partial charge in [0.1, 0.15) is 5.92 Å². The molecule has 0 saturated heterocycles. The molecule has 2 aliphatic rings. The summed E-state index contributed by atoms with van der Waals surface area (Å²) in [7, 11) is 0. The van der Waals surface area contributed by atoms with Crippen LogP contribution in [0.4, 0.5) is 8.78 Å². The van der Waals surface area contributed by atoms with Gasteiger partial charge in [0, 0.05) is 5.92 Å². The first kappa shape index (κ1) is 7.00. The van der Waals surface area contributed by atoms with Crippen molar-refractivity contribution < 1.29 is 18.7 Å². The molecular weight excluding hydrogens is 154 g/mol. The van der Waals surface area contributed by atoms with Crippen molar-refractivity contribution in [2.75, 3.05) is 0 Å². The number of rotatable bonds is 2. The molecule has 2 atom stereocenters. The number of carbonyl (C=O) groups is 1. The van der Waals surface area contributed by atoms with Gasteiger partial charge in [-0.05, 0) is 18.8 Å². The smallest absolute Gasteiger partial charge is 0.313 e. The molecule has 0 bridgehead atoms. The number of hydrogen-bond acceptors (Lipinski definition) is 1. The van der Waals surface area contributed by atoms with Crippen LogP contribution in [0, 0.1) is 17.8 Å². The number of alkyl halides is 2. The van der Waals surface area contributed by atoms with Gasteiger partial charge in [0.15, 0.2) is 0 Å². The van der Waals surface area contributed by atoms with E-state index in [0.29, 0.717) is 0 Å². The average Bonchev–Trinajstić information content (AvgIpc) is 2.63. The van der Waals surface area contributed by atoms with E-state index in [-0.39, 0.29) is 5.92 Å². The average molecular weight is 162 g/mol. The van der Waals surface area contributed by atoms with Crippen LogP contribution in [0.3, 0.4) is 0 Å². The predicted octanol–water partition coefficient (Wildman–Crippen LogP) is 1.36. The third kappa shape index (κ3) is 0.847. The third-order valence-electron chi connectivity index (χ3n) is 2.51. The standard InChI is InChI=1S/C7H8F2O2/c8-7(9)4(3-1-2-3)5(7)6(10)11/h3-5H,1-2H2,(H,10,11)/t4-,5+/m0/s1. The summed E-state index contributed by atoms with van der Waals surface area (Å²) < 4.78 is 25.2. The molecule has 0 aliphatic heterocycles. The molecule has 2 fully saturated rings. The largest absolute Gasteiger partial charge is 0.481 e. The van der Waals surface area contributed by atoms with E-state index in [4.69, 9.17) is 5.11 Å². The third-order valence-corrected chi connectivity index (χ3v) is 2.51. The van der Waals surface area contributed by atoms with Crippen molar-refractivity contribution in [3.05, 3.63) is 0 Å². The second-order valence-electron chi connectivity index (χ2n) is 3.35. The maximum atomic E-state index is 12.6. The first-order chi connectivity index (χ1) is 5.05. The highest BCUT2D eigenvalue weighted by molar-refractivity contribution is 5.76. The molecule has 2 rings (SSSR count). The Labute approximate surface area is 62.2 Å². The van der Waals surface area contributed by atoms with Gasteiger partial charge in [0.05, 0.1) is 0 Å². The monoisotopic (exact) mass is 162 g/mol. The Balaban J connectivity index is 2.08. The number of aliphatic carboxylic acids is 1. The van der Waals surface area contributed by atoms with Gasteiger partial charge >= 0.3 is 5.97 Å². The molecule has 0 heterocycles. The second kappa shape index (κ2) is 1.73. The minimum Gasteiger partial charge on any atom is -0.481 e. The van der Waals surface area contributed by atoms with E-state index in [1.165, 1.54) is 0 Å². The van der Waals surface area contributed by atoms with Crippen LogP contribution in [-0.4, -0.2) is 17.0 Å². The van der Waals surface area contributed by atoms with Crippen molar-refractivity contribution >= 4 is 5.97 Å². The predicted molar refractivity (Wildman–Crippen MR) is 32.3 cm³/mol. The molecule has 4 heteroatoms. The van der Waals surface area contributed by atoms with Crippen LogP contribution in [0.1, 0.15) is 12.8 Å². The van der Waals surface area contributed by atoms with E-state index < -0.39 is 23.7 Å². The molecule has 0 radical (unpaired) electrons. The molecular formula is C7H8F2O2. The van der Waals surface area contributed by atoms with Crippen LogP contribution in [0.2, 0.25) is 0 Å². The minimum absolute atomic E-state index is 0.00824. The van der Waals surface area contributed by atoms with Crippen LogP contribution in [0.15, 0.2) is 0 Å². The Morgan fingerprint density at radius 2 is 2.00 bits per heavy atom. The molecule has 1 N–H and O–H groups in total. The first-order valence-corrected chi connectivity index (χ1v) is 3.65. The highest BCUT2D eigenvalue weighted by atomic mass is 19.3. The molecule has 62 valence electrons. The fraction of sp³-hybridized carbons (Fsp3) is 0.857.